The molecular formula is C16H22FN3O. The minimum absolute atomic E-state index is 0.257. The molecule has 1 N–H and O–H groups in total. The molecule has 1 atom stereocenters. The van der Waals surface area contributed by atoms with Gasteiger partial charge >= 0.3 is 0 Å². The van der Waals surface area contributed by atoms with Crippen LogP contribution in [0.15, 0.2) is 30.5 Å². The van der Waals surface area contributed by atoms with Gasteiger partial charge in [0.05, 0.1) is 5.69 Å². The maximum Gasteiger partial charge on any atom is 0.165 e. The lowest BCUT2D eigenvalue weighted by Gasteiger charge is -2.09. The fourth-order valence-corrected chi connectivity index (χ4v) is 2.01. The summed E-state index contributed by atoms with van der Waals surface area (Å²) in [5.41, 5.74) is 1.69. The smallest absolute Gasteiger partial charge is 0.165 e. The SMILES string of the molecule is CCC(C)n1ccc(COc2ccc(CNC)cc2F)n1. The Hall–Kier alpha value is -1.88. The molecule has 0 amide bonds. The predicted molar refractivity (Wildman–Crippen MR) is 80.7 cm³/mol. The van der Waals surface area contributed by atoms with Crippen molar-refractivity contribution in [2.75, 3.05) is 7.05 Å². The van der Waals surface area contributed by atoms with E-state index in [0.29, 0.717) is 12.6 Å². The lowest BCUT2D eigenvalue weighted by Crippen LogP contribution is -2.07. The van der Waals surface area contributed by atoms with Gasteiger partial charge in [-0.2, -0.15) is 5.10 Å². The first kappa shape index (κ1) is 15.5. The van der Waals surface area contributed by atoms with E-state index in [1.54, 1.807) is 6.07 Å². The van der Waals surface area contributed by atoms with Gasteiger partial charge in [-0.1, -0.05) is 13.0 Å². The van der Waals surface area contributed by atoms with Crippen molar-refractivity contribution in [1.82, 2.24) is 15.1 Å². The number of hydrogen-bond acceptors (Lipinski definition) is 3. The minimum atomic E-state index is -0.343. The van der Waals surface area contributed by atoms with Gasteiger partial charge in [0.2, 0.25) is 0 Å². The van der Waals surface area contributed by atoms with Gasteiger partial charge in [-0.25, -0.2) is 4.39 Å². The minimum Gasteiger partial charge on any atom is -0.484 e. The second kappa shape index (κ2) is 7.22. The monoisotopic (exact) mass is 291 g/mol. The Bertz CT molecular complexity index is 583. The molecule has 0 aliphatic heterocycles. The van der Waals surface area contributed by atoms with E-state index < -0.39 is 0 Å². The maximum atomic E-state index is 13.9. The third kappa shape index (κ3) is 4.04. The lowest BCUT2D eigenvalue weighted by atomic mass is 10.2. The van der Waals surface area contributed by atoms with Gasteiger partial charge in [-0.05, 0) is 44.2 Å². The molecule has 4 nitrogen and oxygen atoms in total. The Morgan fingerprint density at radius 2 is 2.19 bits per heavy atom. The van der Waals surface area contributed by atoms with Gasteiger partial charge in [-0.15, -0.1) is 0 Å². The highest BCUT2D eigenvalue weighted by Gasteiger charge is 2.08. The molecule has 0 saturated heterocycles. The first-order valence-corrected chi connectivity index (χ1v) is 7.24. The van der Waals surface area contributed by atoms with E-state index >= 15 is 0 Å². The normalized spacial score (nSPS) is 12.4. The van der Waals surface area contributed by atoms with Crippen LogP contribution < -0.4 is 10.1 Å². The molecule has 0 saturated carbocycles. The van der Waals surface area contributed by atoms with Gasteiger partial charge in [-0.3, -0.25) is 4.68 Å². The summed E-state index contributed by atoms with van der Waals surface area (Å²) in [4.78, 5) is 0. The first-order valence-electron chi connectivity index (χ1n) is 7.24. The zero-order valence-corrected chi connectivity index (χ0v) is 12.8. The second-order valence-corrected chi connectivity index (χ2v) is 5.13. The summed E-state index contributed by atoms with van der Waals surface area (Å²) in [5, 5.41) is 7.42. The quantitative estimate of drug-likeness (QED) is 0.851. The molecule has 0 fully saturated rings. The van der Waals surface area contributed by atoms with Crippen LogP contribution in [-0.4, -0.2) is 16.8 Å². The largest absolute Gasteiger partial charge is 0.484 e. The summed E-state index contributed by atoms with van der Waals surface area (Å²) < 4.78 is 21.3. The second-order valence-electron chi connectivity index (χ2n) is 5.13. The van der Waals surface area contributed by atoms with Crippen molar-refractivity contribution in [2.45, 2.75) is 39.5 Å². The third-order valence-corrected chi connectivity index (χ3v) is 3.46. The lowest BCUT2D eigenvalue weighted by molar-refractivity contribution is 0.283. The van der Waals surface area contributed by atoms with Crippen molar-refractivity contribution in [3.05, 3.63) is 47.5 Å². The Labute approximate surface area is 124 Å². The molecule has 1 heterocycles. The predicted octanol–water partition coefficient (Wildman–Crippen LogP) is 3.29. The molecule has 21 heavy (non-hydrogen) atoms. The number of halogens is 1. The van der Waals surface area contributed by atoms with Gasteiger partial charge in [0.25, 0.3) is 0 Å². The van der Waals surface area contributed by atoms with Crippen LogP contribution in [0.4, 0.5) is 4.39 Å². The average molecular weight is 291 g/mol. The zero-order chi connectivity index (χ0) is 15.2. The van der Waals surface area contributed by atoms with Crippen molar-refractivity contribution in [2.24, 2.45) is 0 Å². The van der Waals surface area contributed by atoms with Gasteiger partial charge in [0.15, 0.2) is 11.6 Å². The number of aromatic nitrogens is 2. The highest BCUT2D eigenvalue weighted by atomic mass is 19.1. The van der Waals surface area contributed by atoms with Crippen molar-refractivity contribution in [3.63, 3.8) is 0 Å². The highest BCUT2D eigenvalue weighted by Crippen LogP contribution is 2.19. The number of hydrogen-bond donors (Lipinski definition) is 1. The third-order valence-electron chi connectivity index (χ3n) is 3.46. The van der Waals surface area contributed by atoms with Crippen LogP contribution in [0.25, 0.3) is 0 Å². The Morgan fingerprint density at radius 1 is 1.38 bits per heavy atom. The summed E-state index contributed by atoms with van der Waals surface area (Å²) >= 11 is 0. The molecule has 2 aromatic rings. The van der Waals surface area contributed by atoms with Gasteiger partial charge in [0.1, 0.15) is 6.61 Å². The summed E-state index contributed by atoms with van der Waals surface area (Å²) in [5.74, 6) is -0.0861. The van der Waals surface area contributed by atoms with Crippen LogP contribution in [0.1, 0.15) is 37.6 Å². The average Bonchev–Trinajstić information content (AvgIpc) is 2.95. The van der Waals surface area contributed by atoms with Gasteiger partial charge < -0.3 is 10.1 Å². The van der Waals surface area contributed by atoms with Crippen molar-refractivity contribution >= 4 is 0 Å². The standard InChI is InChI=1S/C16H22FN3O/c1-4-12(2)20-8-7-14(19-20)11-21-16-6-5-13(10-18-3)9-15(16)17/h5-9,12,18H,4,10-11H2,1-3H3. The van der Waals surface area contributed by atoms with E-state index in [1.165, 1.54) is 6.07 Å². The number of nitrogens with zero attached hydrogens (tertiary/aromatic N) is 2. The van der Waals surface area contributed by atoms with E-state index in [-0.39, 0.29) is 18.2 Å². The van der Waals surface area contributed by atoms with Crippen LogP contribution in [0.3, 0.4) is 0 Å². The molecule has 0 radical (unpaired) electrons. The summed E-state index contributed by atoms with van der Waals surface area (Å²) in [6, 6.07) is 7.26. The zero-order valence-electron chi connectivity index (χ0n) is 12.8. The van der Waals surface area contributed by atoms with Crippen LogP contribution in [0.5, 0.6) is 5.75 Å². The van der Waals surface area contributed by atoms with Crippen molar-refractivity contribution in [3.8, 4) is 5.75 Å². The molecule has 0 bridgehead atoms. The van der Waals surface area contributed by atoms with E-state index in [9.17, 15) is 4.39 Å². The molecule has 114 valence electrons. The molecule has 5 heteroatoms. The van der Waals surface area contributed by atoms with E-state index in [1.807, 2.05) is 30.1 Å². The molecule has 1 aromatic carbocycles. The summed E-state index contributed by atoms with van der Waals surface area (Å²) in [6.45, 7) is 5.13. The molecular weight excluding hydrogens is 269 g/mol. The summed E-state index contributed by atoms with van der Waals surface area (Å²) in [7, 11) is 1.83. The van der Waals surface area contributed by atoms with Crippen molar-refractivity contribution < 1.29 is 9.13 Å². The van der Waals surface area contributed by atoms with Crippen molar-refractivity contribution in [1.29, 1.82) is 0 Å². The van der Waals surface area contributed by atoms with Crippen LogP contribution in [0.2, 0.25) is 0 Å². The Morgan fingerprint density at radius 3 is 2.86 bits per heavy atom. The molecule has 2 rings (SSSR count). The van der Waals surface area contributed by atoms with Crippen LogP contribution in [0, 0.1) is 5.82 Å². The number of ether oxygens (including phenoxy) is 1. The Kier molecular flexibility index (Phi) is 5.33. The molecule has 1 unspecified atom stereocenters. The number of rotatable bonds is 7. The van der Waals surface area contributed by atoms with Gasteiger partial charge in [0, 0.05) is 18.8 Å². The number of nitrogens with one attached hydrogen (secondary N) is 1. The fraction of sp³-hybridized carbons (Fsp3) is 0.438. The highest BCUT2D eigenvalue weighted by molar-refractivity contribution is 5.29. The maximum absolute atomic E-state index is 13.9. The van der Waals surface area contributed by atoms with Crippen LogP contribution >= 0.6 is 0 Å². The van der Waals surface area contributed by atoms with Crippen LogP contribution in [-0.2, 0) is 13.2 Å². The first-order chi connectivity index (χ1) is 10.1. The Balaban J connectivity index is 1.98. The van der Waals surface area contributed by atoms with E-state index in [2.05, 4.69) is 24.3 Å². The molecule has 0 spiro atoms. The fourth-order valence-electron chi connectivity index (χ4n) is 2.01. The van der Waals surface area contributed by atoms with E-state index in [0.717, 1.165) is 17.7 Å². The molecule has 0 aliphatic rings. The number of benzene rings is 1. The van der Waals surface area contributed by atoms with E-state index in [4.69, 9.17) is 4.74 Å². The topological polar surface area (TPSA) is 39.1 Å². The molecule has 0 aliphatic carbocycles. The molecule has 1 aromatic heterocycles. The summed E-state index contributed by atoms with van der Waals surface area (Å²) in [6.07, 6.45) is 2.95.